The summed E-state index contributed by atoms with van der Waals surface area (Å²) in [6.45, 7) is 3.84. The highest BCUT2D eigenvalue weighted by Gasteiger charge is 2.17. The number of hydrogen-bond donors (Lipinski definition) is 2. The second-order valence-corrected chi connectivity index (χ2v) is 6.04. The van der Waals surface area contributed by atoms with Gasteiger partial charge in [0.05, 0.1) is 11.3 Å². The maximum atomic E-state index is 11.7. The summed E-state index contributed by atoms with van der Waals surface area (Å²) in [6.07, 6.45) is -0.940. The quantitative estimate of drug-likeness (QED) is 0.708. The number of carbonyl (C=O) groups is 1. The van der Waals surface area contributed by atoms with Crippen molar-refractivity contribution in [2.24, 2.45) is 0 Å². The van der Waals surface area contributed by atoms with Crippen LogP contribution in [0.4, 0.5) is 0 Å². The molecule has 0 aliphatic rings. The zero-order valence-corrected chi connectivity index (χ0v) is 14.6. The van der Waals surface area contributed by atoms with E-state index >= 15 is 0 Å². The molecular formula is C22H19NO3. The van der Waals surface area contributed by atoms with Crippen molar-refractivity contribution >= 4 is 5.97 Å². The molecule has 2 aromatic carbocycles. The number of carboxylic acids is 1. The number of aromatic nitrogens is 1. The maximum Gasteiger partial charge on any atom is 0.337 e. The smallest absolute Gasteiger partial charge is 0.337 e. The molecule has 0 saturated heterocycles. The molecule has 0 spiro atoms. The predicted octanol–water partition coefficient (Wildman–Crippen LogP) is 3.88. The fourth-order valence-electron chi connectivity index (χ4n) is 2.94. The van der Waals surface area contributed by atoms with Crippen molar-refractivity contribution in [1.29, 1.82) is 0 Å². The number of hydrogen-bond acceptors (Lipinski definition) is 2. The Morgan fingerprint density at radius 1 is 0.962 bits per heavy atom. The number of carboxylic acid groups (broad SMARTS) is 1. The van der Waals surface area contributed by atoms with Gasteiger partial charge in [0.2, 0.25) is 0 Å². The summed E-state index contributed by atoms with van der Waals surface area (Å²) in [7, 11) is 0. The van der Waals surface area contributed by atoms with Crippen molar-refractivity contribution in [1.82, 2.24) is 4.57 Å². The van der Waals surface area contributed by atoms with Crippen molar-refractivity contribution in [3.05, 3.63) is 88.7 Å². The van der Waals surface area contributed by atoms with Crippen LogP contribution in [0.3, 0.4) is 0 Å². The zero-order chi connectivity index (χ0) is 18.7. The minimum absolute atomic E-state index is 0.174. The first kappa shape index (κ1) is 17.5. The molecule has 0 saturated carbocycles. The highest BCUT2D eigenvalue weighted by atomic mass is 16.4. The molecule has 2 N–H and O–H groups in total. The zero-order valence-electron chi connectivity index (χ0n) is 14.6. The van der Waals surface area contributed by atoms with Gasteiger partial charge in [0.25, 0.3) is 0 Å². The molecular weight excluding hydrogens is 326 g/mol. The second-order valence-electron chi connectivity index (χ2n) is 6.04. The number of benzene rings is 2. The molecule has 26 heavy (non-hydrogen) atoms. The number of aliphatic hydroxyl groups is 1. The van der Waals surface area contributed by atoms with Gasteiger partial charge < -0.3 is 14.8 Å². The van der Waals surface area contributed by atoms with E-state index in [9.17, 15) is 15.0 Å². The summed E-state index contributed by atoms with van der Waals surface area (Å²) in [4.78, 5) is 11.7. The van der Waals surface area contributed by atoms with E-state index in [2.05, 4.69) is 11.8 Å². The first-order chi connectivity index (χ1) is 12.5. The highest BCUT2D eigenvalue weighted by molar-refractivity contribution is 5.93. The van der Waals surface area contributed by atoms with Crippen LogP contribution in [-0.4, -0.2) is 20.7 Å². The van der Waals surface area contributed by atoms with Gasteiger partial charge in [-0.1, -0.05) is 48.2 Å². The van der Waals surface area contributed by atoms with Crippen LogP contribution in [-0.2, 0) is 0 Å². The topological polar surface area (TPSA) is 62.5 Å². The number of aliphatic hydroxyl groups excluding tert-OH is 1. The molecule has 3 aromatic rings. The monoisotopic (exact) mass is 345 g/mol. The van der Waals surface area contributed by atoms with Crippen molar-refractivity contribution in [3.8, 4) is 17.5 Å². The summed E-state index contributed by atoms with van der Waals surface area (Å²) in [6, 6.07) is 18.0. The van der Waals surface area contributed by atoms with Crippen LogP contribution in [0.2, 0.25) is 0 Å². The lowest BCUT2D eigenvalue weighted by Gasteiger charge is -2.15. The molecule has 0 bridgehead atoms. The first-order valence-corrected chi connectivity index (χ1v) is 8.25. The van der Waals surface area contributed by atoms with Crippen LogP contribution in [0.25, 0.3) is 5.69 Å². The Morgan fingerprint density at radius 3 is 2.23 bits per heavy atom. The third-order valence-corrected chi connectivity index (χ3v) is 4.22. The van der Waals surface area contributed by atoms with Gasteiger partial charge in [0.15, 0.2) is 0 Å². The lowest BCUT2D eigenvalue weighted by molar-refractivity contribution is 0.0697. The molecule has 4 nitrogen and oxygen atoms in total. The van der Waals surface area contributed by atoms with E-state index in [1.54, 1.807) is 30.3 Å². The predicted molar refractivity (Wildman–Crippen MR) is 100 cm³/mol. The Labute approximate surface area is 152 Å². The minimum atomic E-state index is -1.01. The SMILES string of the molecule is Cc1ccc(C)n1-c1c(C#C[C@@H](O)c2ccccc2)cccc1C(=O)O. The molecule has 0 aliphatic carbocycles. The van der Waals surface area contributed by atoms with E-state index in [1.807, 2.05) is 48.7 Å². The van der Waals surface area contributed by atoms with Crippen molar-refractivity contribution in [2.45, 2.75) is 20.0 Å². The fraction of sp³-hybridized carbons (Fsp3) is 0.136. The maximum absolute atomic E-state index is 11.7. The molecule has 1 aromatic heterocycles. The molecule has 0 unspecified atom stereocenters. The number of para-hydroxylation sites is 1. The fourth-order valence-corrected chi connectivity index (χ4v) is 2.94. The molecule has 0 aliphatic heterocycles. The number of aromatic carboxylic acids is 1. The summed E-state index contributed by atoms with van der Waals surface area (Å²) in [5.41, 5.74) is 3.79. The number of aryl methyl sites for hydroxylation is 2. The van der Waals surface area contributed by atoms with E-state index in [-0.39, 0.29) is 5.56 Å². The average Bonchev–Trinajstić information content (AvgIpc) is 2.98. The van der Waals surface area contributed by atoms with Gasteiger partial charge >= 0.3 is 5.97 Å². The van der Waals surface area contributed by atoms with Gasteiger partial charge in [0, 0.05) is 17.0 Å². The van der Waals surface area contributed by atoms with Gasteiger partial charge in [-0.05, 0) is 43.7 Å². The van der Waals surface area contributed by atoms with Crippen molar-refractivity contribution in [2.75, 3.05) is 0 Å². The van der Waals surface area contributed by atoms with E-state index in [4.69, 9.17) is 0 Å². The van der Waals surface area contributed by atoms with E-state index < -0.39 is 12.1 Å². The van der Waals surface area contributed by atoms with Crippen LogP contribution < -0.4 is 0 Å². The van der Waals surface area contributed by atoms with Crippen LogP contribution >= 0.6 is 0 Å². The molecule has 3 rings (SSSR count). The number of rotatable bonds is 3. The Morgan fingerprint density at radius 2 is 1.62 bits per heavy atom. The van der Waals surface area contributed by atoms with Crippen molar-refractivity contribution < 1.29 is 15.0 Å². The van der Waals surface area contributed by atoms with Crippen LogP contribution in [0.5, 0.6) is 0 Å². The number of nitrogens with zero attached hydrogens (tertiary/aromatic N) is 1. The Bertz CT molecular complexity index is 987. The Hall–Kier alpha value is -3.29. The average molecular weight is 345 g/mol. The molecule has 0 fully saturated rings. The van der Waals surface area contributed by atoms with E-state index in [0.717, 1.165) is 11.4 Å². The summed E-state index contributed by atoms with van der Waals surface area (Å²) in [5, 5.41) is 19.9. The third-order valence-electron chi connectivity index (χ3n) is 4.22. The van der Waals surface area contributed by atoms with Crippen LogP contribution in [0, 0.1) is 25.7 Å². The Balaban J connectivity index is 2.14. The summed E-state index contributed by atoms with van der Waals surface area (Å²) >= 11 is 0. The normalized spacial score (nSPS) is 11.5. The minimum Gasteiger partial charge on any atom is -0.478 e. The van der Waals surface area contributed by atoms with E-state index in [0.29, 0.717) is 16.8 Å². The molecule has 4 heteroatoms. The first-order valence-electron chi connectivity index (χ1n) is 8.25. The summed E-state index contributed by atoms with van der Waals surface area (Å²) < 4.78 is 1.88. The third kappa shape index (κ3) is 3.39. The van der Waals surface area contributed by atoms with Gasteiger partial charge in [0.1, 0.15) is 6.10 Å². The summed E-state index contributed by atoms with van der Waals surface area (Å²) in [5.74, 6) is 4.77. The molecule has 0 radical (unpaired) electrons. The van der Waals surface area contributed by atoms with Gasteiger partial charge in [-0.15, -0.1) is 0 Å². The van der Waals surface area contributed by atoms with Gasteiger partial charge in [-0.25, -0.2) is 4.79 Å². The van der Waals surface area contributed by atoms with Crippen molar-refractivity contribution in [3.63, 3.8) is 0 Å². The largest absolute Gasteiger partial charge is 0.478 e. The lowest BCUT2D eigenvalue weighted by atomic mass is 10.0. The second kappa shape index (κ2) is 7.30. The Kier molecular flexibility index (Phi) is 4.92. The van der Waals surface area contributed by atoms with Gasteiger partial charge in [-0.2, -0.15) is 0 Å². The molecule has 1 atom stereocenters. The van der Waals surface area contributed by atoms with E-state index in [1.165, 1.54) is 0 Å². The van der Waals surface area contributed by atoms with Gasteiger partial charge in [-0.3, -0.25) is 0 Å². The molecule has 130 valence electrons. The lowest BCUT2D eigenvalue weighted by Crippen LogP contribution is -2.10. The standard InChI is InChI=1S/C22H19NO3/c1-15-11-12-16(2)23(15)21-18(9-6-10-19(21)22(25)26)13-14-20(24)17-7-4-3-5-8-17/h3-12,20,24H,1-2H3,(H,25,26)/t20-/m1/s1. The molecule has 0 amide bonds. The highest BCUT2D eigenvalue weighted by Crippen LogP contribution is 2.24. The van der Waals surface area contributed by atoms with Crippen LogP contribution in [0.15, 0.2) is 60.7 Å². The van der Waals surface area contributed by atoms with Crippen LogP contribution in [0.1, 0.15) is 39.0 Å². The molecule has 1 heterocycles.